The zero-order chi connectivity index (χ0) is 8.97. The Hall–Kier alpha value is -0.280. The summed E-state index contributed by atoms with van der Waals surface area (Å²) in [7, 11) is 0. The van der Waals surface area contributed by atoms with Gasteiger partial charge in [-0.05, 0) is 25.7 Å². The van der Waals surface area contributed by atoms with Gasteiger partial charge in [-0.25, -0.2) is 4.79 Å². The molecule has 0 radical (unpaired) electrons. The van der Waals surface area contributed by atoms with Crippen LogP contribution in [-0.4, -0.2) is 24.7 Å². The minimum atomic E-state index is -0.714. The molecule has 1 aliphatic rings. The average molecular weight is 193 g/mol. The molecule has 1 heterocycles. The second kappa shape index (κ2) is 4.67. The first kappa shape index (κ1) is 9.81. The van der Waals surface area contributed by atoms with Crippen LogP contribution >= 0.6 is 11.6 Å². The van der Waals surface area contributed by atoms with Gasteiger partial charge in [0.2, 0.25) is 0 Å². The lowest BCUT2D eigenvalue weighted by Gasteiger charge is -2.26. The van der Waals surface area contributed by atoms with Crippen molar-refractivity contribution in [3.05, 3.63) is 0 Å². The maximum atomic E-state index is 10.3. The van der Waals surface area contributed by atoms with Crippen LogP contribution in [0.25, 0.3) is 0 Å². The quantitative estimate of drug-likeness (QED) is 0.630. The van der Waals surface area contributed by atoms with Gasteiger partial charge < -0.3 is 9.47 Å². The van der Waals surface area contributed by atoms with Crippen molar-refractivity contribution in [1.82, 2.24) is 0 Å². The van der Waals surface area contributed by atoms with Crippen LogP contribution in [0.4, 0.5) is 4.79 Å². The molecule has 1 rings (SSSR count). The van der Waals surface area contributed by atoms with E-state index >= 15 is 0 Å². The maximum Gasteiger partial charge on any atom is 0.403 e. The maximum absolute atomic E-state index is 10.3. The van der Waals surface area contributed by atoms with Gasteiger partial charge >= 0.3 is 5.43 Å². The zero-order valence-corrected chi connectivity index (χ0v) is 7.84. The molecule has 4 heteroatoms. The first-order valence-electron chi connectivity index (χ1n) is 4.12. The molecule has 0 saturated carbocycles. The molecule has 0 bridgehead atoms. The highest BCUT2D eigenvalue weighted by Gasteiger charge is 2.20. The number of halogens is 1. The third kappa shape index (κ3) is 3.41. The summed E-state index contributed by atoms with van der Waals surface area (Å²) in [4.78, 5) is 10.3. The van der Waals surface area contributed by atoms with Crippen molar-refractivity contribution in [2.24, 2.45) is 5.92 Å². The minimum absolute atomic E-state index is 0.276. The zero-order valence-electron chi connectivity index (χ0n) is 7.09. The number of carbonyl (C=O) groups is 1. The number of carbonyl (C=O) groups excluding carboxylic acids is 1. The molecule has 0 aromatic heterocycles. The summed E-state index contributed by atoms with van der Waals surface area (Å²) in [5.74, 6) is 0.413. The van der Waals surface area contributed by atoms with Gasteiger partial charge in [0, 0.05) is 18.2 Å². The molecule has 2 atom stereocenters. The van der Waals surface area contributed by atoms with Gasteiger partial charge in [-0.15, -0.1) is 0 Å². The predicted molar refractivity (Wildman–Crippen MR) is 45.3 cm³/mol. The van der Waals surface area contributed by atoms with Gasteiger partial charge in [0.05, 0.1) is 12.7 Å². The first-order chi connectivity index (χ1) is 5.68. The molecule has 0 N–H and O–H groups in total. The van der Waals surface area contributed by atoms with Crippen molar-refractivity contribution in [3.8, 4) is 0 Å². The topological polar surface area (TPSA) is 35.5 Å². The van der Waals surface area contributed by atoms with Crippen molar-refractivity contribution in [1.29, 1.82) is 0 Å². The lowest BCUT2D eigenvalue weighted by atomic mass is 9.97. The van der Waals surface area contributed by atoms with Crippen molar-refractivity contribution < 1.29 is 14.3 Å². The smallest absolute Gasteiger partial charge is 0.403 e. The normalized spacial score (nSPS) is 29.8. The number of rotatable bonds is 2. The molecule has 12 heavy (non-hydrogen) atoms. The summed E-state index contributed by atoms with van der Waals surface area (Å²) in [6, 6.07) is 0. The van der Waals surface area contributed by atoms with E-state index in [2.05, 4.69) is 0 Å². The van der Waals surface area contributed by atoms with E-state index in [1.807, 2.05) is 6.92 Å². The lowest BCUT2D eigenvalue weighted by molar-refractivity contribution is -0.0114. The number of hydrogen-bond donors (Lipinski definition) is 0. The summed E-state index contributed by atoms with van der Waals surface area (Å²) in [6.07, 6.45) is 2.18. The third-order valence-corrected chi connectivity index (χ3v) is 2.14. The molecule has 0 amide bonds. The fourth-order valence-corrected chi connectivity index (χ4v) is 1.49. The van der Waals surface area contributed by atoms with Crippen LogP contribution in [-0.2, 0) is 9.47 Å². The monoisotopic (exact) mass is 192 g/mol. The van der Waals surface area contributed by atoms with Crippen LogP contribution in [0.2, 0.25) is 0 Å². The molecule has 1 aliphatic heterocycles. The predicted octanol–water partition coefficient (Wildman–Crippen LogP) is 2.18. The fourth-order valence-electron chi connectivity index (χ4n) is 1.43. The van der Waals surface area contributed by atoms with E-state index in [9.17, 15) is 4.79 Å². The average Bonchev–Trinajstić information content (AvgIpc) is 2.01. The molecular weight excluding hydrogens is 180 g/mol. The fraction of sp³-hybridized carbons (Fsp3) is 0.875. The Bertz CT molecular complexity index is 160. The standard InChI is InChI=1S/C8H13ClO3/c1-6-4-7(2-3-11-6)5-12-8(9)10/h6-7H,2-5H2,1H3. The van der Waals surface area contributed by atoms with Crippen molar-refractivity contribution >= 4 is 17.0 Å². The molecule has 0 aliphatic carbocycles. The number of hydrogen-bond acceptors (Lipinski definition) is 3. The molecule has 2 unspecified atom stereocenters. The van der Waals surface area contributed by atoms with E-state index < -0.39 is 5.43 Å². The van der Waals surface area contributed by atoms with Gasteiger partial charge in [0.1, 0.15) is 0 Å². The Labute approximate surface area is 77.0 Å². The highest BCUT2D eigenvalue weighted by Crippen LogP contribution is 2.20. The van der Waals surface area contributed by atoms with Crippen molar-refractivity contribution in [2.75, 3.05) is 13.2 Å². The Morgan fingerprint density at radius 3 is 3.08 bits per heavy atom. The molecule has 70 valence electrons. The van der Waals surface area contributed by atoms with Crippen LogP contribution in [0.5, 0.6) is 0 Å². The van der Waals surface area contributed by atoms with E-state index in [0.717, 1.165) is 19.4 Å². The Morgan fingerprint density at radius 2 is 2.50 bits per heavy atom. The molecule has 0 spiro atoms. The van der Waals surface area contributed by atoms with Crippen LogP contribution in [0.3, 0.4) is 0 Å². The van der Waals surface area contributed by atoms with E-state index in [1.54, 1.807) is 0 Å². The molecular formula is C8H13ClO3. The second-order valence-corrected chi connectivity index (χ2v) is 3.43. The van der Waals surface area contributed by atoms with Gasteiger partial charge in [-0.2, -0.15) is 0 Å². The van der Waals surface area contributed by atoms with E-state index in [-0.39, 0.29) is 6.10 Å². The van der Waals surface area contributed by atoms with Crippen LogP contribution in [0.15, 0.2) is 0 Å². The van der Waals surface area contributed by atoms with Gasteiger partial charge in [-0.1, -0.05) is 0 Å². The minimum Gasteiger partial charge on any atom is -0.453 e. The SMILES string of the molecule is CC1CC(COC(=O)Cl)CCO1. The van der Waals surface area contributed by atoms with E-state index in [4.69, 9.17) is 21.1 Å². The second-order valence-electron chi connectivity index (χ2n) is 3.12. The molecule has 1 saturated heterocycles. The van der Waals surface area contributed by atoms with E-state index in [1.165, 1.54) is 0 Å². The first-order valence-corrected chi connectivity index (χ1v) is 4.50. The Balaban J connectivity index is 2.18. The van der Waals surface area contributed by atoms with Gasteiger partial charge in [0.25, 0.3) is 0 Å². The molecule has 0 aromatic rings. The van der Waals surface area contributed by atoms with Crippen LogP contribution in [0.1, 0.15) is 19.8 Å². The van der Waals surface area contributed by atoms with Crippen LogP contribution in [0, 0.1) is 5.92 Å². The largest absolute Gasteiger partial charge is 0.453 e. The van der Waals surface area contributed by atoms with Gasteiger partial charge in [0.15, 0.2) is 0 Å². The van der Waals surface area contributed by atoms with E-state index in [0.29, 0.717) is 12.5 Å². The molecule has 3 nitrogen and oxygen atoms in total. The van der Waals surface area contributed by atoms with Crippen molar-refractivity contribution in [3.63, 3.8) is 0 Å². The summed E-state index contributed by atoms with van der Waals surface area (Å²) >= 11 is 5.04. The third-order valence-electron chi connectivity index (χ3n) is 2.03. The molecule has 1 fully saturated rings. The number of ether oxygens (including phenoxy) is 2. The summed E-state index contributed by atoms with van der Waals surface area (Å²) in [5, 5.41) is 0. The van der Waals surface area contributed by atoms with Gasteiger partial charge in [-0.3, -0.25) is 0 Å². The lowest BCUT2D eigenvalue weighted by Crippen LogP contribution is -2.26. The highest BCUT2D eigenvalue weighted by molar-refractivity contribution is 6.61. The summed E-state index contributed by atoms with van der Waals surface area (Å²) in [5.41, 5.74) is -0.714. The Morgan fingerprint density at radius 1 is 1.75 bits per heavy atom. The summed E-state index contributed by atoms with van der Waals surface area (Å²) in [6.45, 7) is 3.20. The van der Waals surface area contributed by atoms with Crippen molar-refractivity contribution in [2.45, 2.75) is 25.9 Å². The van der Waals surface area contributed by atoms with Crippen LogP contribution < -0.4 is 0 Å². The summed E-state index contributed by atoms with van der Waals surface area (Å²) < 4.78 is 10.0. The molecule has 0 aromatic carbocycles. The Kier molecular flexibility index (Phi) is 3.82. The highest BCUT2D eigenvalue weighted by atomic mass is 35.5.